The average molecular weight is 356 g/mol. The minimum atomic E-state index is -3.56. The van der Waals surface area contributed by atoms with Gasteiger partial charge in [-0.2, -0.15) is 5.10 Å². The monoisotopic (exact) mass is 355 g/mol. The molecule has 0 radical (unpaired) electrons. The van der Waals surface area contributed by atoms with Gasteiger partial charge in [0.2, 0.25) is 10.0 Å². The highest BCUT2D eigenvalue weighted by atomic mass is 79.9. The number of halogens is 1. The van der Waals surface area contributed by atoms with Gasteiger partial charge >= 0.3 is 0 Å². The number of aromatic nitrogens is 2. The van der Waals surface area contributed by atoms with Crippen LogP contribution in [-0.2, 0) is 23.5 Å². The summed E-state index contributed by atoms with van der Waals surface area (Å²) in [4.78, 5) is 0.246. The average Bonchev–Trinajstić information content (AvgIpc) is 2.95. The molecule has 0 saturated heterocycles. The number of rotatable bonds is 3. The molecule has 0 saturated carbocycles. The Morgan fingerprint density at radius 3 is 2.85 bits per heavy atom. The summed E-state index contributed by atoms with van der Waals surface area (Å²) >= 11 is 3.57. The van der Waals surface area contributed by atoms with Crippen molar-refractivity contribution in [2.75, 3.05) is 0 Å². The van der Waals surface area contributed by atoms with Gasteiger partial charge in [-0.15, -0.1) is 0 Å². The quantitative estimate of drug-likeness (QED) is 0.853. The van der Waals surface area contributed by atoms with Gasteiger partial charge in [-0.05, 0) is 17.5 Å². The van der Waals surface area contributed by atoms with E-state index in [4.69, 9.17) is 0 Å². The predicted molar refractivity (Wildman–Crippen MR) is 79.1 cm³/mol. The molecule has 0 amide bonds. The molecule has 0 bridgehead atoms. The maximum Gasteiger partial charge on any atom is 0.244 e. The van der Waals surface area contributed by atoms with Gasteiger partial charge in [0, 0.05) is 18.1 Å². The van der Waals surface area contributed by atoms with Gasteiger partial charge in [-0.25, -0.2) is 13.1 Å². The van der Waals surface area contributed by atoms with Crippen LogP contribution in [0.1, 0.15) is 17.2 Å². The molecule has 0 spiro atoms. The number of nitrogens with zero attached hydrogens (tertiary/aromatic N) is 2. The number of alkyl halides is 1. The molecule has 1 N–H and O–H groups in total. The Balaban J connectivity index is 1.92. The number of hydrogen-bond donors (Lipinski definition) is 1. The summed E-state index contributed by atoms with van der Waals surface area (Å²) in [7, 11) is -1.87. The maximum absolute atomic E-state index is 12.4. The van der Waals surface area contributed by atoms with Crippen molar-refractivity contribution in [3.8, 4) is 0 Å². The third-order valence-corrected chi connectivity index (χ3v) is 5.69. The second-order valence-electron chi connectivity index (χ2n) is 4.87. The van der Waals surface area contributed by atoms with E-state index in [9.17, 15) is 8.42 Å². The Kier molecular flexibility index (Phi) is 3.43. The molecule has 5 nitrogen and oxygen atoms in total. The largest absolute Gasteiger partial charge is 0.274 e. The predicted octanol–water partition coefficient (Wildman–Crippen LogP) is 1.76. The molecule has 20 heavy (non-hydrogen) atoms. The van der Waals surface area contributed by atoms with Gasteiger partial charge in [0.15, 0.2) is 0 Å². The fourth-order valence-electron chi connectivity index (χ4n) is 2.46. The second kappa shape index (κ2) is 4.98. The van der Waals surface area contributed by atoms with E-state index in [2.05, 4.69) is 25.8 Å². The van der Waals surface area contributed by atoms with Gasteiger partial charge < -0.3 is 0 Å². The van der Waals surface area contributed by atoms with E-state index in [0.29, 0.717) is 0 Å². The van der Waals surface area contributed by atoms with Crippen molar-refractivity contribution in [3.05, 3.63) is 47.8 Å². The molecule has 1 aliphatic rings. The molecule has 106 valence electrons. The first-order valence-electron chi connectivity index (χ1n) is 6.20. The van der Waals surface area contributed by atoms with Crippen molar-refractivity contribution in [2.24, 2.45) is 7.05 Å². The summed E-state index contributed by atoms with van der Waals surface area (Å²) in [6, 6.07) is 7.64. The van der Waals surface area contributed by atoms with Crippen LogP contribution in [-0.4, -0.2) is 23.0 Å². The molecule has 7 heteroatoms. The van der Waals surface area contributed by atoms with Crippen LogP contribution in [0.3, 0.4) is 0 Å². The summed E-state index contributed by atoms with van der Waals surface area (Å²) in [6.45, 7) is 0. The van der Waals surface area contributed by atoms with Crippen LogP contribution >= 0.6 is 15.9 Å². The Morgan fingerprint density at radius 1 is 1.40 bits per heavy atom. The Hall–Kier alpha value is -1.18. The number of benzene rings is 1. The number of aryl methyl sites for hydroxylation is 1. The normalized spacial score (nSPS) is 21.9. The lowest BCUT2D eigenvalue weighted by Crippen LogP contribution is -2.31. The highest BCUT2D eigenvalue weighted by Gasteiger charge is 2.34. The fourth-order valence-corrected chi connectivity index (χ4v) is 4.64. The van der Waals surface area contributed by atoms with E-state index in [0.717, 1.165) is 12.0 Å². The summed E-state index contributed by atoms with van der Waals surface area (Å²) in [5.74, 6) is 0. The number of nitrogens with one attached hydrogen (secondary N) is 1. The van der Waals surface area contributed by atoms with Crippen LogP contribution in [0, 0.1) is 0 Å². The number of sulfonamides is 1. The molecular weight excluding hydrogens is 342 g/mol. The minimum absolute atomic E-state index is 0.0614. The first-order chi connectivity index (χ1) is 9.47. The number of fused-ring (bicyclic) bond motifs is 1. The molecule has 3 rings (SSSR count). The standard InChI is InChI=1S/C13H14BrN3O2S/c1-17-8-10(7-15-17)20(18,19)16-13-11-5-3-2-4-9(11)6-12(13)14/h2-5,7-8,12-13,16H,6H2,1H3. The van der Waals surface area contributed by atoms with Crippen LogP contribution in [0.4, 0.5) is 0 Å². The molecule has 0 aliphatic heterocycles. The molecule has 2 unspecified atom stereocenters. The lowest BCUT2D eigenvalue weighted by atomic mass is 10.1. The Bertz CT molecular complexity index is 742. The van der Waals surface area contributed by atoms with E-state index in [1.807, 2.05) is 24.3 Å². The van der Waals surface area contributed by atoms with Crippen LogP contribution in [0.15, 0.2) is 41.6 Å². The number of hydrogen-bond acceptors (Lipinski definition) is 3. The van der Waals surface area contributed by atoms with Crippen LogP contribution in [0.25, 0.3) is 0 Å². The molecular formula is C13H14BrN3O2S. The van der Waals surface area contributed by atoms with Crippen molar-refractivity contribution in [1.29, 1.82) is 0 Å². The molecule has 0 fully saturated rings. The first-order valence-corrected chi connectivity index (χ1v) is 8.60. The van der Waals surface area contributed by atoms with Crippen LogP contribution in [0.2, 0.25) is 0 Å². The van der Waals surface area contributed by atoms with Crippen molar-refractivity contribution >= 4 is 26.0 Å². The van der Waals surface area contributed by atoms with Gasteiger partial charge in [0.05, 0.1) is 12.2 Å². The maximum atomic E-state index is 12.4. The van der Waals surface area contributed by atoms with Crippen molar-refractivity contribution in [3.63, 3.8) is 0 Å². The van der Waals surface area contributed by atoms with Gasteiger partial charge in [-0.3, -0.25) is 4.68 Å². The van der Waals surface area contributed by atoms with E-state index in [1.165, 1.54) is 22.6 Å². The highest BCUT2D eigenvalue weighted by molar-refractivity contribution is 9.09. The first kappa shape index (κ1) is 13.8. The van der Waals surface area contributed by atoms with E-state index < -0.39 is 10.0 Å². The second-order valence-corrected chi connectivity index (χ2v) is 7.76. The van der Waals surface area contributed by atoms with Crippen LogP contribution < -0.4 is 4.72 Å². The molecule has 2 atom stereocenters. The highest BCUT2D eigenvalue weighted by Crippen LogP contribution is 2.36. The zero-order valence-corrected chi connectivity index (χ0v) is 13.2. The zero-order chi connectivity index (χ0) is 14.3. The minimum Gasteiger partial charge on any atom is -0.274 e. The van der Waals surface area contributed by atoms with Gasteiger partial charge in [-0.1, -0.05) is 40.2 Å². The summed E-state index contributed by atoms with van der Waals surface area (Å²) in [5, 5.41) is 3.91. The Morgan fingerprint density at radius 2 is 2.15 bits per heavy atom. The summed E-state index contributed by atoms with van der Waals surface area (Å²) < 4.78 is 29.0. The topological polar surface area (TPSA) is 64.0 Å². The molecule has 1 heterocycles. The van der Waals surface area contributed by atoms with Gasteiger partial charge in [0.1, 0.15) is 4.90 Å². The fraction of sp³-hybridized carbons (Fsp3) is 0.308. The SMILES string of the molecule is Cn1cc(S(=O)(=O)NC2c3ccccc3CC2Br)cn1. The third kappa shape index (κ3) is 2.41. The van der Waals surface area contributed by atoms with Gasteiger partial charge in [0.25, 0.3) is 0 Å². The Labute approximate surface area is 126 Å². The van der Waals surface area contributed by atoms with E-state index in [-0.39, 0.29) is 15.8 Å². The lowest BCUT2D eigenvalue weighted by Gasteiger charge is -2.17. The molecule has 1 aromatic heterocycles. The third-order valence-electron chi connectivity index (χ3n) is 3.44. The summed E-state index contributed by atoms with van der Waals surface area (Å²) in [6.07, 6.45) is 3.66. The molecule has 1 aromatic carbocycles. The summed E-state index contributed by atoms with van der Waals surface area (Å²) in [5.41, 5.74) is 2.20. The zero-order valence-electron chi connectivity index (χ0n) is 10.8. The molecule has 1 aliphatic carbocycles. The van der Waals surface area contributed by atoms with Crippen molar-refractivity contribution in [2.45, 2.75) is 22.2 Å². The van der Waals surface area contributed by atoms with Crippen molar-refractivity contribution < 1.29 is 8.42 Å². The van der Waals surface area contributed by atoms with E-state index in [1.54, 1.807) is 7.05 Å². The van der Waals surface area contributed by atoms with Crippen LogP contribution in [0.5, 0.6) is 0 Å². The van der Waals surface area contributed by atoms with Crippen molar-refractivity contribution in [1.82, 2.24) is 14.5 Å². The smallest absolute Gasteiger partial charge is 0.244 e. The lowest BCUT2D eigenvalue weighted by molar-refractivity contribution is 0.559. The molecule has 2 aromatic rings. The van der Waals surface area contributed by atoms with E-state index >= 15 is 0 Å².